The van der Waals surface area contributed by atoms with Gasteiger partial charge in [-0.05, 0) is 43.8 Å². The highest BCUT2D eigenvalue weighted by Gasteiger charge is 2.19. The molecule has 0 bridgehead atoms. The Labute approximate surface area is 154 Å². The molecule has 3 rings (SSSR count). The van der Waals surface area contributed by atoms with Crippen LogP contribution in [0.4, 0.5) is 11.8 Å². The van der Waals surface area contributed by atoms with Crippen molar-refractivity contribution >= 4 is 40.7 Å². The van der Waals surface area contributed by atoms with Crippen LogP contribution in [0.3, 0.4) is 0 Å². The summed E-state index contributed by atoms with van der Waals surface area (Å²) in [5.74, 6) is 2.03. The van der Waals surface area contributed by atoms with Crippen LogP contribution in [0, 0.1) is 5.92 Å². The van der Waals surface area contributed by atoms with Crippen molar-refractivity contribution in [3.8, 4) is 0 Å². The zero-order valence-electron chi connectivity index (χ0n) is 14.2. The number of anilines is 2. The molecule has 1 aliphatic heterocycles. The number of rotatable bonds is 3. The minimum absolute atomic E-state index is 0.446. The zero-order valence-corrected chi connectivity index (χ0v) is 15.8. The van der Waals surface area contributed by atoms with Gasteiger partial charge < -0.3 is 15.5 Å². The van der Waals surface area contributed by atoms with Gasteiger partial charge in [-0.25, -0.2) is 4.98 Å². The summed E-state index contributed by atoms with van der Waals surface area (Å²) in [6.45, 7) is 4.30. The maximum atomic E-state index is 6.20. The molecule has 1 aliphatic carbocycles. The Morgan fingerprint density at radius 3 is 2.75 bits per heavy atom. The zero-order chi connectivity index (χ0) is 16.9. The van der Waals surface area contributed by atoms with Gasteiger partial charge >= 0.3 is 0 Å². The Morgan fingerprint density at radius 1 is 1.21 bits per heavy atom. The highest BCUT2D eigenvalue weighted by atomic mass is 35.5. The average molecular weight is 368 g/mol. The molecule has 2 fully saturated rings. The van der Waals surface area contributed by atoms with Crippen molar-refractivity contribution in [1.82, 2.24) is 15.3 Å². The molecule has 5 nitrogen and oxygen atoms in total. The van der Waals surface area contributed by atoms with Gasteiger partial charge in [0, 0.05) is 25.2 Å². The van der Waals surface area contributed by atoms with E-state index in [2.05, 4.69) is 32.4 Å². The van der Waals surface area contributed by atoms with Crippen LogP contribution in [0.15, 0.2) is 6.07 Å². The Kier molecular flexibility index (Phi) is 6.11. The van der Waals surface area contributed by atoms with Crippen LogP contribution in [0.5, 0.6) is 0 Å². The third-order valence-electron chi connectivity index (χ3n) is 4.83. The van der Waals surface area contributed by atoms with Gasteiger partial charge in [0.1, 0.15) is 11.0 Å². The van der Waals surface area contributed by atoms with Gasteiger partial charge in [-0.3, -0.25) is 0 Å². The standard InChI is InChI=1S/C17H26ClN5S/c1-12-6-5-9-23(11-12)15-10-14(18)20-16(21-15)22-17(24)19-13-7-3-2-4-8-13/h10,12-13H,2-9,11H2,1H3,(H2,19,20,21,22,24)/t12-/m0/s1. The summed E-state index contributed by atoms with van der Waals surface area (Å²) in [5, 5.41) is 7.52. The summed E-state index contributed by atoms with van der Waals surface area (Å²) in [4.78, 5) is 11.2. The highest BCUT2D eigenvalue weighted by molar-refractivity contribution is 7.80. The molecule has 1 aromatic heterocycles. The summed E-state index contributed by atoms with van der Waals surface area (Å²) in [5.41, 5.74) is 0. The molecule has 1 saturated carbocycles. The first kappa shape index (κ1) is 17.7. The van der Waals surface area contributed by atoms with Gasteiger partial charge in [0.25, 0.3) is 0 Å². The fraction of sp³-hybridized carbons (Fsp3) is 0.706. The van der Waals surface area contributed by atoms with Gasteiger partial charge in [0.15, 0.2) is 5.11 Å². The molecule has 2 heterocycles. The van der Waals surface area contributed by atoms with Crippen LogP contribution in [0.2, 0.25) is 5.15 Å². The number of halogens is 1. The second-order valence-corrected chi connectivity index (χ2v) is 7.79. The van der Waals surface area contributed by atoms with Crippen LogP contribution < -0.4 is 15.5 Å². The van der Waals surface area contributed by atoms with Crippen molar-refractivity contribution in [2.24, 2.45) is 5.92 Å². The van der Waals surface area contributed by atoms with E-state index in [1.54, 1.807) is 0 Å². The van der Waals surface area contributed by atoms with Gasteiger partial charge in [0.05, 0.1) is 0 Å². The molecule has 24 heavy (non-hydrogen) atoms. The van der Waals surface area contributed by atoms with E-state index in [0.717, 1.165) is 18.9 Å². The minimum Gasteiger partial charge on any atom is -0.360 e. The molecule has 1 aromatic rings. The molecule has 132 valence electrons. The largest absolute Gasteiger partial charge is 0.360 e. The summed E-state index contributed by atoms with van der Waals surface area (Å²) in [6, 6.07) is 2.29. The van der Waals surface area contributed by atoms with E-state index >= 15 is 0 Å². The lowest BCUT2D eigenvalue weighted by Gasteiger charge is -2.32. The number of hydrogen-bond donors (Lipinski definition) is 2. The Balaban J connectivity index is 1.63. The summed E-state index contributed by atoms with van der Waals surface area (Å²) in [7, 11) is 0. The SMILES string of the molecule is C[C@H]1CCCN(c2cc(Cl)nc(NC(=S)NC3CCCCC3)n2)C1. The van der Waals surface area contributed by atoms with E-state index in [-0.39, 0.29) is 0 Å². The van der Waals surface area contributed by atoms with E-state index < -0.39 is 0 Å². The van der Waals surface area contributed by atoms with Crippen molar-refractivity contribution in [2.45, 2.75) is 57.9 Å². The number of thiocarbonyl (C=S) groups is 1. The van der Waals surface area contributed by atoms with E-state index in [4.69, 9.17) is 23.8 Å². The van der Waals surface area contributed by atoms with Gasteiger partial charge in [-0.2, -0.15) is 4.98 Å². The number of hydrogen-bond acceptors (Lipinski definition) is 4. The molecule has 0 amide bonds. The first-order valence-electron chi connectivity index (χ1n) is 8.97. The van der Waals surface area contributed by atoms with Crippen LogP contribution in [-0.2, 0) is 0 Å². The predicted octanol–water partition coefficient (Wildman–Crippen LogP) is 3.99. The Hall–Kier alpha value is -1.14. The van der Waals surface area contributed by atoms with Crippen molar-refractivity contribution in [3.05, 3.63) is 11.2 Å². The highest BCUT2D eigenvalue weighted by Crippen LogP contribution is 2.24. The Morgan fingerprint density at radius 2 is 2.00 bits per heavy atom. The van der Waals surface area contributed by atoms with Crippen molar-refractivity contribution in [2.75, 3.05) is 23.3 Å². The molecule has 7 heteroatoms. The van der Waals surface area contributed by atoms with E-state index in [0.29, 0.717) is 28.2 Å². The van der Waals surface area contributed by atoms with E-state index in [1.165, 1.54) is 44.9 Å². The second kappa shape index (κ2) is 8.30. The maximum absolute atomic E-state index is 6.20. The van der Waals surface area contributed by atoms with Crippen molar-refractivity contribution < 1.29 is 0 Å². The maximum Gasteiger partial charge on any atom is 0.232 e. The Bertz CT molecular complexity index is 576. The normalized spacial score (nSPS) is 22.2. The molecular formula is C17H26ClN5S. The van der Waals surface area contributed by atoms with Crippen molar-refractivity contribution in [3.63, 3.8) is 0 Å². The van der Waals surface area contributed by atoms with Crippen LogP contribution in [0.25, 0.3) is 0 Å². The molecule has 1 saturated heterocycles. The van der Waals surface area contributed by atoms with Crippen LogP contribution >= 0.6 is 23.8 Å². The molecular weight excluding hydrogens is 342 g/mol. The number of aromatic nitrogens is 2. The number of nitrogens with zero attached hydrogens (tertiary/aromatic N) is 3. The first-order valence-corrected chi connectivity index (χ1v) is 9.76. The van der Waals surface area contributed by atoms with E-state index in [9.17, 15) is 0 Å². The van der Waals surface area contributed by atoms with Gasteiger partial charge in [-0.1, -0.05) is 37.8 Å². The third-order valence-corrected chi connectivity index (χ3v) is 5.24. The smallest absolute Gasteiger partial charge is 0.232 e. The van der Waals surface area contributed by atoms with Crippen molar-refractivity contribution in [1.29, 1.82) is 0 Å². The average Bonchev–Trinajstić information content (AvgIpc) is 2.55. The summed E-state index contributed by atoms with van der Waals surface area (Å²) in [6.07, 6.45) is 8.68. The minimum atomic E-state index is 0.446. The number of nitrogens with one attached hydrogen (secondary N) is 2. The lowest BCUT2D eigenvalue weighted by molar-refractivity contribution is 0.414. The predicted molar refractivity (Wildman–Crippen MR) is 104 cm³/mol. The molecule has 2 aliphatic rings. The molecule has 0 unspecified atom stereocenters. The van der Waals surface area contributed by atoms with Crippen LogP contribution in [0.1, 0.15) is 51.9 Å². The van der Waals surface area contributed by atoms with Gasteiger partial charge in [0.2, 0.25) is 5.95 Å². The molecule has 0 spiro atoms. The fourth-order valence-corrected chi connectivity index (χ4v) is 4.03. The lowest BCUT2D eigenvalue weighted by Crippen LogP contribution is -2.39. The topological polar surface area (TPSA) is 53.1 Å². The first-order chi connectivity index (χ1) is 11.6. The molecule has 0 aromatic carbocycles. The monoisotopic (exact) mass is 367 g/mol. The summed E-state index contributed by atoms with van der Waals surface area (Å²) < 4.78 is 0. The summed E-state index contributed by atoms with van der Waals surface area (Å²) >= 11 is 11.6. The number of piperidine rings is 1. The molecule has 1 atom stereocenters. The fourth-order valence-electron chi connectivity index (χ4n) is 3.59. The third kappa shape index (κ3) is 4.93. The van der Waals surface area contributed by atoms with Crippen LogP contribution in [-0.4, -0.2) is 34.2 Å². The van der Waals surface area contributed by atoms with Gasteiger partial charge in [-0.15, -0.1) is 0 Å². The quantitative estimate of drug-likeness (QED) is 0.622. The lowest BCUT2D eigenvalue weighted by atomic mass is 9.96. The second-order valence-electron chi connectivity index (χ2n) is 7.00. The molecule has 0 radical (unpaired) electrons. The van der Waals surface area contributed by atoms with E-state index in [1.807, 2.05) is 6.07 Å². The molecule has 2 N–H and O–H groups in total.